The average Bonchev–Trinajstić information content (AvgIpc) is 3.22. The predicted molar refractivity (Wildman–Crippen MR) is 112 cm³/mol. The Hall–Kier alpha value is -3.03. The number of aromatic nitrogens is 1. The van der Waals surface area contributed by atoms with Crippen LogP contribution in [0.3, 0.4) is 0 Å². The van der Waals surface area contributed by atoms with Gasteiger partial charge in [0.1, 0.15) is 10.9 Å². The first-order valence-corrected chi connectivity index (χ1v) is 9.78. The van der Waals surface area contributed by atoms with E-state index in [0.29, 0.717) is 46.6 Å². The van der Waals surface area contributed by atoms with E-state index in [2.05, 4.69) is 4.98 Å². The number of pyridine rings is 1. The predicted octanol–water partition coefficient (Wildman–Crippen LogP) is 3.91. The summed E-state index contributed by atoms with van der Waals surface area (Å²) in [5, 5.41) is 1.19. The fourth-order valence-corrected chi connectivity index (χ4v) is 3.55. The van der Waals surface area contributed by atoms with Gasteiger partial charge in [-0.05, 0) is 24.3 Å². The zero-order valence-corrected chi connectivity index (χ0v) is 17.4. The second-order valence-corrected chi connectivity index (χ2v) is 7.11. The van der Waals surface area contributed by atoms with Crippen LogP contribution in [-0.4, -0.2) is 50.0 Å². The molecule has 0 radical (unpaired) electrons. The van der Waals surface area contributed by atoms with Crippen LogP contribution < -0.4 is 14.2 Å². The van der Waals surface area contributed by atoms with Crippen molar-refractivity contribution in [3.05, 3.63) is 58.7 Å². The maximum atomic E-state index is 13.3. The van der Waals surface area contributed by atoms with Crippen molar-refractivity contribution < 1.29 is 23.7 Å². The van der Waals surface area contributed by atoms with Gasteiger partial charge in [-0.2, -0.15) is 0 Å². The fourth-order valence-electron chi connectivity index (χ4n) is 3.35. The first kappa shape index (κ1) is 20.3. The molecule has 0 saturated carbocycles. The minimum Gasteiger partial charge on any atom is -0.496 e. The van der Waals surface area contributed by atoms with Crippen LogP contribution in [-0.2, 0) is 11.3 Å². The molecule has 7 nitrogen and oxygen atoms in total. The molecule has 8 heteroatoms. The first-order chi connectivity index (χ1) is 14.6. The summed E-state index contributed by atoms with van der Waals surface area (Å²) in [6.45, 7) is 1.24. The third-order valence-electron chi connectivity index (χ3n) is 4.89. The van der Waals surface area contributed by atoms with Gasteiger partial charge in [0, 0.05) is 37.2 Å². The first-order valence-electron chi connectivity index (χ1n) is 9.40. The highest BCUT2D eigenvalue weighted by molar-refractivity contribution is 6.30. The molecule has 0 atom stereocenters. The number of amides is 1. The second-order valence-electron chi connectivity index (χ2n) is 6.76. The van der Waals surface area contributed by atoms with Crippen molar-refractivity contribution in [1.29, 1.82) is 0 Å². The lowest BCUT2D eigenvalue weighted by molar-refractivity contribution is 0.0677. The maximum Gasteiger partial charge on any atom is 0.257 e. The molecule has 0 unspecified atom stereocenters. The van der Waals surface area contributed by atoms with Gasteiger partial charge in [-0.15, -0.1) is 0 Å². The van der Waals surface area contributed by atoms with Gasteiger partial charge in [0.25, 0.3) is 5.91 Å². The molecule has 1 aliphatic heterocycles. The SMILES string of the molecule is COCCN(Cc1cc2cc3c(cc2nc1Cl)OCO3)C(=O)c1ccccc1OC. The Labute approximate surface area is 179 Å². The number of rotatable bonds is 7. The summed E-state index contributed by atoms with van der Waals surface area (Å²) in [5.41, 5.74) is 1.90. The van der Waals surface area contributed by atoms with Crippen LogP contribution in [0.4, 0.5) is 0 Å². The topological polar surface area (TPSA) is 70.1 Å². The van der Waals surface area contributed by atoms with Crippen molar-refractivity contribution in [1.82, 2.24) is 9.88 Å². The Bertz CT molecular complexity index is 1090. The zero-order chi connectivity index (χ0) is 21.1. The van der Waals surface area contributed by atoms with Gasteiger partial charge in [0.15, 0.2) is 11.5 Å². The molecule has 3 aromatic rings. The number of ether oxygens (including phenoxy) is 4. The lowest BCUT2D eigenvalue weighted by Gasteiger charge is -2.24. The van der Waals surface area contributed by atoms with Crippen LogP contribution in [0.5, 0.6) is 17.2 Å². The monoisotopic (exact) mass is 428 g/mol. The lowest BCUT2D eigenvalue weighted by Crippen LogP contribution is -2.33. The second kappa shape index (κ2) is 8.77. The van der Waals surface area contributed by atoms with E-state index in [1.54, 1.807) is 43.4 Å². The molecule has 0 aliphatic carbocycles. The van der Waals surface area contributed by atoms with Crippen LogP contribution in [0.1, 0.15) is 15.9 Å². The Morgan fingerprint density at radius 2 is 1.93 bits per heavy atom. The molecular weight excluding hydrogens is 408 g/mol. The number of hydrogen-bond donors (Lipinski definition) is 0. The number of hydrogen-bond acceptors (Lipinski definition) is 6. The van der Waals surface area contributed by atoms with Crippen molar-refractivity contribution >= 4 is 28.4 Å². The van der Waals surface area contributed by atoms with Gasteiger partial charge in [-0.3, -0.25) is 4.79 Å². The van der Waals surface area contributed by atoms with Crippen molar-refractivity contribution in [3.8, 4) is 17.2 Å². The number of benzene rings is 2. The number of methoxy groups -OCH3 is 2. The largest absolute Gasteiger partial charge is 0.496 e. The van der Waals surface area contributed by atoms with Crippen LogP contribution in [0.15, 0.2) is 42.5 Å². The quantitative estimate of drug-likeness (QED) is 0.531. The Morgan fingerprint density at radius 3 is 2.70 bits per heavy atom. The zero-order valence-electron chi connectivity index (χ0n) is 16.7. The molecular formula is C22H21ClN2O5. The highest BCUT2D eigenvalue weighted by atomic mass is 35.5. The number of nitrogens with zero attached hydrogens (tertiary/aromatic N) is 2. The van der Waals surface area contributed by atoms with Crippen LogP contribution in [0, 0.1) is 0 Å². The molecule has 30 heavy (non-hydrogen) atoms. The van der Waals surface area contributed by atoms with E-state index in [4.69, 9.17) is 30.5 Å². The molecule has 2 aromatic carbocycles. The molecule has 1 aromatic heterocycles. The smallest absolute Gasteiger partial charge is 0.257 e. The summed E-state index contributed by atoms with van der Waals surface area (Å²) in [6.07, 6.45) is 0. The molecule has 0 saturated heterocycles. The van der Waals surface area contributed by atoms with Gasteiger partial charge in [-0.1, -0.05) is 23.7 Å². The Kier molecular flexibility index (Phi) is 5.92. The van der Waals surface area contributed by atoms with Gasteiger partial charge in [-0.25, -0.2) is 4.98 Å². The number of carbonyl (C=O) groups excluding carboxylic acids is 1. The van der Waals surface area contributed by atoms with Crippen molar-refractivity contribution in [2.45, 2.75) is 6.54 Å². The normalized spacial score (nSPS) is 12.2. The molecule has 2 heterocycles. The minimum atomic E-state index is -0.175. The molecule has 0 bridgehead atoms. The van der Waals surface area contributed by atoms with Crippen molar-refractivity contribution in [2.75, 3.05) is 34.2 Å². The van der Waals surface area contributed by atoms with E-state index in [-0.39, 0.29) is 19.2 Å². The highest BCUT2D eigenvalue weighted by Gasteiger charge is 2.22. The van der Waals surface area contributed by atoms with E-state index in [1.165, 1.54) is 0 Å². The average molecular weight is 429 g/mol. The summed E-state index contributed by atoms with van der Waals surface area (Å²) < 4.78 is 21.4. The summed E-state index contributed by atoms with van der Waals surface area (Å²) in [6, 6.07) is 12.7. The van der Waals surface area contributed by atoms with E-state index in [1.807, 2.05) is 18.2 Å². The minimum absolute atomic E-state index is 0.175. The number of para-hydroxylation sites is 1. The maximum absolute atomic E-state index is 13.3. The molecule has 0 fully saturated rings. The van der Waals surface area contributed by atoms with E-state index in [9.17, 15) is 4.79 Å². The standard InChI is InChI=1S/C22H21ClN2O5/c1-27-8-7-25(22(26)16-5-3-4-6-18(16)28-2)12-15-9-14-10-19-20(30-13-29-19)11-17(14)24-21(15)23/h3-6,9-11H,7-8,12-13H2,1-2H3. The third kappa shape index (κ3) is 3.99. The summed E-state index contributed by atoms with van der Waals surface area (Å²) in [5.74, 6) is 1.65. The number of fused-ring (bicyclic) bond motifs is 2. The Morgan fingerprint density at radius 1 is 1.17 bits per heavy atom. The summed E-state index contributed by atoms with van der Waals surface area (Å²) >= 11 is 6.46. The third-order valence-corrected chi connectivity index (χ3v) is 5.21. The molecule has 156 valence electrons. The molecule has 4 rings (SSSR count). The van der Waals surface area contributed by atoms with E-state index in [0.717, 1.165) is 10.9 Å². The van der Waals surface area contributed by atoms with Crippen LogP contribution >= 0.6 is 11.6 Å². The molecule has 0 N–H and O–H groups in total. The lowest BCUT2D eigenvalue weighted by atomic mass is 10.1. The van der Waals surface area contributed by atoms with Crippen LogP contribution in [0.25, 0.3) is 10.9 Å². The molecule has 1 amide bonds. The van der Waals surface area contributed by atoms with Gasteiger partial charge >= 0.3 is 0 Å². The van der Waals surface area contributed by atoms with E-state index < -0.39 is 0 Å². The summed E-state index contributed by atoms with van der Waals surface area (Å²) in [4.78, 5) is 19.4. The summed E-state index contributed by atoms with van der Waals surface area (Å²) in [7, 11) is 3.14. The fraction of sp³-hybridized carbons (Fsp3) is 0.273. The van der Waals surface area contributed by atoms with Crippen molar-refractivity contribution in [2.24, 2.45) is 0 Å². The molecule has 1 aliphatic rings. The van der Waals surface area contributed by atoms with E-state index >= 15 is 0 Å². The number of carbonyl (C=O) groups is 1. The van der Waals surface area contributed by atoms with Gasteiger partial charge < -0.3 is 23.8 Å². The van der Waals surface area contributed by atoms with Crippen LogP contribution in [0.2, 0.25) is 5.15 Å². The van der Waals surface area contributed by atoms with Crippen molar-refractivity contribution in [3.63, 3.8) is 0 Å². The van der Waals surface area contributed by atoms with Gasteiger partial charge in [0.2, 0.25) is 6.79 Å². The Balaban J connectivity index is 1.67. The number of halogens is 1. The molecule has 0 spiro atoms. The highest BCUT2D eigenvalue weighted by Crippen LogP contribution is 2.36. The van der Waals surface area contributed by atoms with Gasteiger partial charge in [0.05, 0.1) is 24.8 Å².